The smallest absolute Gasteiger partial charge is 0.0470 e. The van der Waals surface area contributed by atoms with E-state index in [1.165, 1.54) is 65.7 Å². The average molecular weight is 627 g/mol. The molecular weight excluding hydrogens is 598 g/mol. The van der Waals surface area contributed by atoms with Crippen LogP contribution < -0.4 is 5.32 Å². The first kappa shape index (κ1) is 26.4. The highest BCUT2D eigenvalue weighted by molar-refractivity contribution is 9.10. The molecule has 0 fully saturated rings. The maximum atomic E-state index is 3.82. The Balaban J connectivity index is 1.34. The van der Waals surface area contributed by atoms with Gasteiger partial charge in [-0.1, -0.05) is 149 Å². The molecule has 0 aromatic heterocycles. The van der Waals surface area contributed by atoms with Crippen molar-refractivity contribution in [1.29, 1.82) is 0 Å². The van der Waals surface area contributed by atoms with Crippen LogP contribution in [0.25, 0.3) is 65.7 Å². The van der Waals surface area contributed by atoms with Crippen LogP contribution in [0.1, 0.15) is 0 Å². The van der Waals surface area contributed by atoms with E-state index in [2.05, 4.69) is 185 Å². The molecule has 0 aliphatic carbocycles. The van der Waals surface area contributed by atoms with Gasteiger partial charge in [-0.15, -0.1) is 0 Å². The molecule has 0 radical (unpaired) electrons. The second-order valence-corrected chi connectivity index (χ2v) is 12.0. The highest BCUT2D eigenvalue weighted by Crippen LogP contribution is 2.47. The highest BCUT2D eigenvalue weighted by Gasteiger charge is 2.19. The Morgan fingerprint density at radius 1 is 0.409 bits per heavy atom. The summed E-state index contributed by atoms with van der Waals surface area (Å²) < 4.78 is 1.07. The molecule has 0 saturated heterocycles. The Morgan fingerprint density at radius 3 is 1.82 bits per heavy atom. The maximum absolute atomic E-state index is 3.82. The molecule has 0 unspecified atom stereocenters. The third-order valence-corrected chi connectivity index (χ3v) is 8.99. The minimum absolute atomic E-state index is 1.05. The summed E-state index contributed by atoms with van der Waals surface area (Å²) in [6, 6.07) is 58.7. The first-order valence-electron chi connectivity index (χ1n) is 14.9. The van der Waals surface area contributed by atoms with Gasteiger partial charge in [0.25, 0.3) is 0 Å². The van der Waals surface area contributed by atoms with Crippen molar-refractivity contribution in [2.45, 2.75) is 0 Å². The lowest BCUT2D eigenvalue weighted by molar-refractivity contribution is 1.56. The van der Waals surface area contributed by atoms with E-state index in [9.17, 15) is 0 Å². The predicted octanol–water partition coefficient (Wildman–Crippen LogP) is 12.7. The number of fused-ring (bicyclic) bond motifs is 3. The summed E-state index contributed by atoms with van der Waals surface area (Å²) in [5.41, 5.74) is 9.47. The SMILES string of the molecule is Brc1ccc2c(-c3ccccc3)c3c(Nc4ccc(-c5cccc6ccccc56)cc4)cccc3c(-c3ccccc3)c2c1. The molecule has 44 heavy (non-hydrogen) atoms. The highest BCUT2D eigenvalue weighted by atomic mass is 79.9. The lowest BCUT2D eigenvalue weighted by Crippen LogP contribution is -1.96. The van der Waals surface area contributed by atoms with Crippen molar-refractivity contribution in [1.82, 2.24) is 0 Å². The number of hydrogen-bond donors (Lipinski definition) is 1. The van der Waals surface area contributed by atoms with Gasteiger partial charge in [-0.25, -0.2) is 0 Å². The fourth-order valence-corrected chi connectivity index (χ4v) is 6.90. The van der Waals surface area contributed by atoms with E-state index in [0.717, 1.165) is 15.8 Å². The number of hydrogen-bond acceptors (Lipinski definition) is 1. The minimum atomic E-state index is 1.05. The number of nitrogens with one attached hydrogen (secondary N) is 1. The van der Waals surface area contributed by atoms with Crippen LogP contribution in [0.5, 0.6) is 0 Å². The summed E-state index contributed by atoms with van der Waals surface area (Å²) in [7, 11) is 0. The van der Waals surface area contributed by atoms with Gasteiger partial charge in [-0.2, -0.15) is 0 Å². The van der Waals surface area contributed by atoms with Gasteiger partial charge in [-0.05, 0) is 90.6 Å². The summed E-state index contributed by atoms with van der Waals surface area (Å²) in [5.74, 6) is 0. The Bertz CT molecular complexity index is 2280. The van der Waals surface area contributed by atoms with Crippen molar-refractivity contribution in [3.05, 3.63) is 168 Å². The lowest BCUT2D eigenvalue weighted by Gasteiger charge is -2.21. The van der Waals surface area contributed by atoms with E-state index >= 15 is 0 Å². The molecule has 1 nitrogen and oxygen atoms in total. The first-order valence-corrected chi connectivity index (χ1v) is 15.7. The molecule has 0 amide bonds. The third kappa shape index (κ3) is 4.65. The summed E-state index contributed by atoms with van der Waals surface area (Å²) in [5, 5.41) is 11.2. The standard InChI is InChI=1S/C42H28BrN/c43-32-23-26-36-38(27-32)40(30-12-3-1-4-13-30)37-19-10-20-39(42(37)41(36)31-14-5-2-6-15-31)44-33-24-21-29(22-25-33)35-18-9-16-28-11-7-8-17-34(28)35/h1-27,44H. The molecule has 8 rings (SSSR count). The van der Waals surface area contributed by atoms with E-state index < -0.39 is 0 Å². The summed E-state index contributed by atoms with van der Waals surface area (Å²) in [4.78, 5) is 0. The van der Waals surface area contributed by atoms with Crippen molar-refractivity contribution >= 4 is 59.6 Å². The first-order chi connectivity index (χ1) is 21.7. The molecule has 2 heteroatoms. The van der Waals surface area contributed by atoms with Gasteiger partial charge in [-0.3, -0.25) is 0 Å². The fraction of sp³-hybridized carbons (Fsp3) is 0. The van der Waals surface area contributed by atoms with Crippen molar-refractivity contribution in [2.24, 2.45) is 0 Å². The van der Waals surface area contributed by atoms with Gasteiger partial charge in [0.15, 0.2) is 0 Å². The maximum Gasteiger partial charge on any atom is 0.0470 e. The zero-order chi connectivity index (χ0) is 29.5. The zero-order valence-corrected chi connectivity index (χ0v) is 25.6. The molecule has 208 valence electrons. The third-order valence-electron chi connectivity index (χ3n) is 8.49. The molecule has 0 spiro atoms. The van der Waals surface area contributed by atoms with E-state index in [4.69, 9.17) is 0 Å². The van der Waals surface area contributed by atoms with Gasteiger partial charge in [0, 0.05) is 21.2 Å². The second-order valence-electron chi connectivity index (χ2n) is 11.1. The molecule has 0 aliphatic heterocycles. The molecule has 0 atom stereocenters. The van der Waals surface area contributed by atoms with E-state index in [0.29, 0.717) is 0 Å². The Kier molecular flexibility index (Phi) is 6.70. The number of anilines is 2. The second kappa shape index (κ2) is 11.1. The van der Waals surface area contributed by atoms with Crippen LogP contribution in [-0.2, 0) is 0 Å². The van der Waals surface area contributed by atoms with Crippen LogP contribution in [0, 0.1) is 0 Å². The normalized spacial score (nSPS) is 11.3. The molecular formula is C42H28BrN. The Hall–Kier alpha value is -5.18. The van der Waals surface area contributed by atoms with E-state index in [-0.39, 0.29) is 0 Å². The molecule has 0 heterocycles. The van der Waals surface area contributed by atoms with Crippen molar-refractivity contribution in [2.75, 3.05) is 5.32 Å². The molecule has 0 saturated carbocycles. The van der Waals surface area contributed by atoms with Crippen LogP contribution in [0.4, 0.5) is 11.4 Å². The average Bonchev–Trinajstić information content (AvgIpc) is 3.08. The van der Waals surface area contributed by atoms with Crippen molar-refractivity contribution in [3.8, 4) is 33.4 Å². The van der Waals surface area contributed by atoms with Crippen molar-refractivity contribution < 1.29 is 0 Å². The van der Waals surface area contributed by atoms with Crippen LogP contribution in [0.3, 0.4) is 0 Å². The molecule has 0 bridgehead atoms. The van der Waals surface area contributed by atoms with Crippen LogP contribution in [-0.4, -0.2) is 0 Å². The van der Waals surface area contributed by atoms with Crippen LogP contribution >= 0.6 is 15.9 Å². The Morgan fingerprint density at radius 2 is 1.05 bits per heavy atom. The molecule has 8 aromatic carbocycles. The summed E-state index contributed by atoms with van der Waals surface area (Å²) >= 11 is 3.77. The summed E-state index contributed by atoms with van der Waals surface area (Å²) in [6.07, 6.45) is 0. The zero-order valence-electron chi connectivity index (χ0n) is 24.0. The predicted molar refractivity (Wildman–Crippen MR) is 193 cm³/mol. The van der Waals surface area contributed by atoms with Gasteiger partial charge in [0.05, 0.1) is 0 Å². The van der Waals surface area contributed by atoms with E-state index in [1.54, 1.807) is 0 Å². The largest absolute Gasteiger partial charge is 0.355 e. The Labute approximate surface area is 265 Å². The number of rotatable bonds is 5. The van der Waals surface area contributed by atoms with Crippen LogP contribution in [0.15, 0.2) is 168 Å². The molecule has 8 aromatic rings. The minimum Gasteiger partial charge on any atom is -0.355 e. The fourth-order valence-electron chi connectivity index (χ4n) is 6.54. The quantitative estimate of drug-likeness (QED) is 0.188. The van der Waals surface area contributed by atoms with Crippen LogP contribution in [0.2, 0.25) is 0 Å². The monoisotopic (exact) mass is 625 g/mol. The van der Waals surface area contributed by atoms with Gasteiger partial charge in [0.2, 0.25) is 0 Å². The van der Waals surface area contributed by atoms with Gasteiger partial charge < -0.3 is 5.32 Å². The van der Waals surface area contributed by atoms with E-state index in [1.807, 2.05) is 0 Å². The summed E-state index contributed by atoms with van der Waals surface area (Å²) in [6.45, 7) is 0. The molecule has 1 N–H and O–H groups in total. The number of halogens is 1. The number of benzene rings is 8. The van der Waals surface area contributed by atoms with Gasteiger partial charge in [0.1, 0.15) is 0 Å². The molecule has 0 aliphatic rings. The lowest BCUT2D eigenvalue weighted by atomic mass is 9.85. The van der Waals surface area contributed by atoms with Crippen molar-refractivity contribution in [3.63, 3.8) is 0 Å². The van der Waals surface area contributed by atoms with Gasteiger partial charge >= 0.3 is 0 Å². The topological polar surface area (TPSA) is 12.0 Å².